The van der Waals surface area contributed by atoms with Crippen molar-refractivity contribution in [1.82, 2.24) is 25.4 Å². The smallest absolute Gasteiger partial charge is 0.257 e. The van der Waals surface area contributed by atoms with Crippen LogP contribution in [0.1, 0.15) is 41.9 Å². The highest BCUT2D eigenvalue weighted by molar-refractivity contribution is 6.05. The zero-order valence-electron chi connectivity index (χ0n) is 17.9. The third-order valence-electron chi connectivity index (χ3n) is 5.78. The number of carbonyl (C=O) groups is 1. The second-order valence-corrected chi connectivity index (χ2v) is 8.15. The van der Waals surface area contributed by atoms with E-state index >= 15 is 0 Å². The first-order valence-corrected chi connectivity index (χ1v) is 11.0. The molecule has 2 aromatic heterocycles. The zero-order chi connectivity index (χ0) is 22.6. The van der Waals surface area contributed by atoms with Crippen LogP contribution in [0.15, 0.2) is 59.3 Å². The molecule has 1 aliphatic rings. The van der Waals surface area contributed by atoms with Crippen molar-refractivity contribution in [2.45, 2.75) is 44.4 Å². The maximum absolute atomic E-state index is 12.9. The highest BCUT2D eigenvalue weighted by atomic mass is 16.5. The normalized spacial score (nSPS) is 18.2. The number of benzene rings is 2. The van der Waals surface area contributed by atoms with E-state index in [0.717, 1.165) is 36.6 Å². The number of aromatic nitrogens is 4. The number of aliphatic hydroxyl groups is 1. The van der Waals surface area contributed by atoms with Crippen LogP contribution in [0.25, 0.3) is 22.4 Å². The Balaban J connectivity index is 1.29. The van der Waals surface area contributed by atoms with Crippen LogP contribution in [0, 0.1) is 0 Å². The van der Waals surface area contributed by atoms with E-state index in [-0.39, 0.29) is 24.6 Å². The molecule has 0 bridgehead atoms. The lowest BCUT2D eigenvalue weighted by atomic mass is 9.93. The number of hydrogen-bond donors (Lipinski definition) is 3. The molecule has 2 heterocycles. The Morgan fingerprint density at radius 3 is 2.67 bits per heavy atom. The van der Waals surface area contributed by atoms with E-state index in [1.165, 1.54) is 0 Å². The highest BCUT2D eigenvalue weighted by Gasteiger charge is 2.20. The van der Waals surface area contributed by atoms with Crippen LogP contribution < -0.4 is 10.6 Å². The van der Waals surface area contributed by atoms with Gasteiger partial charge in [0.25, 0.3) is 11.8 Å². The minimum atomic E-state index is -0.280. The van der Waals surface area contributed by atoms with Crippen LogP contribution >= 0.6 is 0 Å². The van der Waals surface area contributed by atoms with Crippen molar-refractivity contribution in [2.75, 3.05) is 5.32 Å². The Bertz CT molecular complexity index is 1250. The molecule has 1 fully saturated rings. The van der Waals surface area contributed by atoms with Crippen molar-refractivity contribution in [3.05, 3.63) is 66.1 Å². The highest BCUT2D eigenvalue weighted by Crippen LogP contribution is 2.23. The van der Waals surface area contributed by atoms with E-state index in [0.29, 0.717) is 28.7 Å². The molecule has 0 atom stereocenters. The molecule has 9 nitrogen and oxygen atoms in total. The summed E-state index contributed by atoms with van der Waals surface area (Å²) in [5, 5.41) is 20.6. The van der Waals surface area contributed by atoms with Gasteiger partial charge < -0.3 is 20.3 Å². The van der Waals surface area contributed by atoms with Crippen molar-refractivity contribution in [3.8, 4) is 11.5 Å². The summed E-state index contributed by atoms with van der Waals surface area (Å²) in [6, 6.07) is 15.1. The van der Waals surface area contributed by atoms with Gasteiger partial charge in [-0.1, -0.05) is 35.5 Å². The number of hydrogen-bond acceptors (Lipinski definition) is 8. The molecule has 1 aliphatic carbocycles. The summed E-state index contributed by atoms with van der Waals surface area (Å²) in [5.41, 5.74) is 1.84. The van der Waals surface area contributed by atoms with E-state index in [9.17, 15) is 9.90 Å². The van der Waals surface area contributed by atoms with Gasteiger partial charge in [-0.05, 0) is 43.9 Å². The van der Waals surface area contributed by atoms with Crippen LogP contribution in [0.2, 0.25) is 0 Å². The predicted octanol–water partition coefficient (Wildman–Crippen LogP) is 3.33. The van der Waals surface area contributed by atoms with E-state index in [4.69, 9.17) is 4.52 Å². The fourth-order valence-corrected chi connectivity index (χ4v) is 3.99. The molecule has 4 aromatic rings. The molecule has 1 saturated carbocycles. The summed E-state index contributed by atoms with van der Waals surface area (Å²) in [6.07, 6.45) is 4.74. The quantitative estimate of drug-likeness (QED) is 0.413. The van der Waals surface area contributed by atoms with Crippen LogP contribution in [-0.2, 0) is 6.54 Å². The van der Waals surface area contributed by atoms with Gasteiger partial charge in [-0.2, -0.15) is 4.98 Å². The van der Waals surface area contributed by atoms with Crippen LogP contribution in [0.5, 0.6) is 0 Å². The van der Waals surface area contributed by atoms with Gasteiger partial charge in [0.2, 0.25) is 5.95 Å². The second kappa shape index (κ2) is 9.33. The number of nitrogens with zero attached hydrogens (tertiary/aromatic N) is 4. The molecule has 168 valence electrons. The first-order chi connectivity index (χ1) is 16.2. The third-order valence-corrected chi connectivity index (χ3v) is 5.78. The fraction of sp³-hybridized carbons (Fsp3) is 0.292. The molecule has 0 unspecified atom stereocenters. The van der Waals surface area contributed by atoms with Gasteiger partial charge >= 0.3 is 0 Å². The van der Waals surface area contributed by atoms with Gasteiger partial charge in [-0.25, -0.2) is 9.97 Å². The minimum Gasteiger partial charge on any atom is -0.393 e. The molecule has 9 heteroatoms. The number of rotatable bonds is 6. The molecule has 5 rings (SSSR count). The van der Waals surface area contributed by atoms with E-state index in [1.807, 2.05) is 36.4 Å². The second-order valence-electron chi connectivity index (χ2n) is 8.15. The number of amides is 1. The molecule has 0 saturated heterocycles. The lowest BCUT2D eigenvalue weighted by Crippen LogP contribution is -2.29. The number of anilines is 1. The summed E-state index contributed by atoms with van der Waals surface area (Å²) in [5.74, 6) is 0.995. The first-order valence-electron chi connectivity index (χ1n) is 11.0. The third kappa shape index (κ3) is 4.83. The van der Waals surface area contributed by atoms with Crippen LogP contribution in [0.4, 0.5) is 5.95 Å². The zero-order valence-corrected chi connectivity index (χ0v) is 17.9. The summed E-state index contributed by atoms with van der Waals surface area (Å²) in [7, 11) is 0. The SMILES string of the molecule is O=C(NCc1noc(-c2ccccc2)n1)c1cccc2cnc(NC3CCC(O)CC3)nc12. The first kappa shape index (κ1) is 21.0. The lowest BCUT2D eigenvalue weighted by Gasteiger charge is -2.26. The Labute approximate surface area is 190 Å². The van der Waals surface area contributed by atoms with Gasteiger partial charge in [0.15, 0.2) is 5.82 Å². The number of carbonyl (C=O) groups excluding carboxylic acids is 1. The molecular formula is C24H24N6O3. The number of aliphatic hydroxyl groups excluding tert-OH is 1. The molecule has 33 heavy (non-hydrogen) atoms. The van der Waals surface area contributed by atoms with E-state index in [2.05, 4.69) is 30.7 Å². The maximum Gasteiger partial charge on any atom is 0.257 e. The van der Waals surface area contributed by atoms with Crippen LogP contribution in [0.3, 0.4) is 0 Å². The Hall–Kier alpha value is -3.85. The monoisotopic (exact) mass is 444 g/mol. The molecule has 3 N–H and O–H groups in total. The average Bonchev–Trinajstić information content (AvgIpc) is 3.33. The summed E-state index contributed by atoms with van der Waals surface area (Å²) in [4.78, 5) is 26.3. The largest absolute Gasteiger partial charge is 0.393 e. The van der Waals surface area contributed by atoms with Crippen molar-refractivity contribution in [1.29, 1.82) is 0 Å². The molecule has 2 aromatic carbocycles. The predicted molar refractivity (Wildman–Crippen MR) is 122 cm³/mol. The lowest BCUT2D eigenvalue weighted by molar-refractivity contribution is 0.0951. The van der Waals surface area contributed by atoms with E-state index in [1.54, 1.807) is 18.3 Å². The molecule has 1 amide bonds. The minimum absolute atomic E-state index is 0.131. The topological polar surface area (TPSA) is 126 Å². The summed E-state index contributed by atoms with van der Waals surface area (Å²) < 4.78 is 5.30. The van der Waals surface area contributed by atoms with Gasteiger partial charge in [-0.15, -0.1) is 0 Å². The molecular weight excluding hydrogens is 420 g/mol. The number of para-hydroxylation sites is 1. The van der Waals surface area contributed by atoms with Crippen molar-refractivity contribution >= 4 is 22.8 Å². The maximum atomic E-state index is 12.9. The molecule has 0 spiro atoms. The summed E-state index contributed by atoms with van der Waals surface area (Å²) in [6.45, 7) is 0.131. The van der Waals surface area contributed by atoms with Gasteiger partial charge in [-0.3, -0.25) is 4.79 Å². The van der Waals surface area contributed by atoms with Gasteiger partial charge in [0, 0.05) is 23.2 Å². The fourth-order valence-electron chi connectivity index (χ4n) is 3.99. The van der Waals surface area contributed by atoms with Gasteiger partial charge in [0.1, 0.15) is 0 Å². The van der Waals surface area contributed by atoms with Crippen LogP contribution in [-0.4, -0.2) is 43.3 Å². The number of fused-ring (bicyclic) bond motifs is 1. The Morgan fingerprint density at radius 1 is 1.03 bits per heavy atom. The van der Waals surface area contributed by atoms with Crippen molar-refractivity contribution in [2.24, 2.45) is 0 Å². The molecule has 0 radical (unpaired) electrons. The van der Waals surface area contributed by atoms with Gasteiger partial charge in [0.05, 0.1) is 23.7 Å². The average molecular weight is 444 g/mol. The van der Waals surface area contributed by atoms with Crippen molar-refractivity contribution in [3.63, 3.8) is 0 Å². The molecule has 0 aliphatic heterocycles. The Kier molecular flexibility index (Phi) is 5.95. The Morgan fingerprint density at radius 2 is 1.85 bits per heavy atom. The van der Waals surface area contributed by atoms with Crippen molar-refractivity contribution < 1.29 is 14.4 Å². The summed E-state index contributed by atoms with van der Waals surface area (Å²) >= 11 is 0. The van der Waals surface area contributed by atoms with E-state index < -0.39 is 0 Å². The standard InChI is InChI=1S/C24H24N6O3/c31-18-11-9-17(10-12-18)27-24-26-13-16-7-4-8-19(21(16)29-24)22(32)25-14-20-28-23(33-30-20)15-5-2-1-3-6-15/h1-8,13,17-18,31H,9-12,14H2,(H,25,32)(H,26,27,29). The number of nitrogens with one attached hydrogen (secondary N) is 2.